The van der Waals surface area contributed by atoms with E-state index in [4.69, 9.17) is 14.2 Å². The molecule has 2 heterocycles. The number of benzene rings is 2. The zero-order valence-electron chi connectivity index (χ0n) is 20.0. The fourth-order valence-corrected chi connectivity index (χ4v) is 5.43. The molecule has 1 saturated carbocycles. The third kappa shape index (κ3) is 4.20. The molecule has 1 aliphatic carbocycles. The Hall–Kier alpha value is -3.61. The number of esters is 1. The normalized spacial score (nSPS) is 23.5. The van der Waals surface area contributed by atoms with E-state index in [-0.39, 0.29) is 29.5 Å². The number of nitrogens with zero attached hydrogens (tertiary/aromatic N) is 1. The molecule has 5 rings (SSSR count). The quantitative estimate of drug-likeness (QED) is 0.587. The lowest BCUT2D eigenvalue weighted by Crippen LogP contribution is -2.39. The van der Waals surface area contributed by atoms with Gasteiger partial charge in [0.2, 0.25) is 0 Å². The molecule has 2 aromatic rings. The van der Waals surface area contributed by atoms with Crippen LogP contribution < -0.4 is 4.74 Å². The predicted octanol–water partition coefficient (Wildman–Crippen LogP) is 4.02. The summed E-state index contributed by atoms with van der Waals surface area (Å²) in [6, 6.07) is 14.1. The van der Waals surface area contributed by atoms with Crippen molar-refractivity contribution in [3.05, 3.63) is 76.6 Å². The highest BCUT2D eigenvalue weighted by Crippen LogP contribution is 2.46. The molecule has 3 aliphatic rings. The van der Waals surface area contributed by atoms with Gasteiger partial charge in [-0.15, -0.1) is 0 Å². The van der Waals surface area contributed by atoms with E-state index in [1.54, 1.807) is 36.3 Å². The van der Waals surface area contributed by atoms with Gasteiger partial charge in [-0.25, -0.2) is 4.79 Å². The van der Waals surface area contributed by atoms with Gasteiger partial charge in [0.05, 0.1) is 37.3 Å². The van der Waals surface area contributed by atoms with Gasteiger partial charge in [-0.1, -0.05) is 30.7 Å². The average Bonchev–Trinajstić information content (AvgIpc) is 3.19. The molecule has 182 valence electrons. The van der Waals surface area contributed by atoms with Crippen LogP contribution in [0.4, 0.5) is 0 Å². The molecule has 7 heteroatoms. The van der Waals surface area contributed by atoms with Crippen LogP contribution in [0.3, 0.4) is 0 Å². The fraction of sp³-hybridized carbons (Fsp3) is 0.393. The van der Waals surface area contributed by atoms with Crippen molar-refractivity contribution in [2.75, 3.05) is 20.8 Å². The van der Waals surface area contributed by atoms with Crippen LogP contribution in [0.1, 0.15) is 53.2 Å². The molecular formula is C28H29NO6. The Labute approximate surface area is 204 Å². The summed E-state index contributed by atoms with van der Waals surface area (Å²) in [6.07, 6.45) is 3.98. The van der Waals surface area contributed by atoms with Gasteiger partial charge in [0, 0.05) is 6.54 Å². The van der Waals surface area contributed by atoms with Crippen molar-refractivity contribution in [1.82, 2.24) is 4.90 Å². The molecular weight excluding hydrogens is 446 g/mol. The number of carbonyl (C=O) groups excluding carboxylic acids is 3. The highest BCUT2D eigenvalue weighted by atomic mass is 16.5. The zero-order valence-corrected chi connectivity index (χ0v) is 20.0. The van der Waals surface area contributed by atoms with Crippen molar-refractivity contribution in [1.29, 1.82) is 0 Å². The summed E-state index contributed by atoms with van der Waals surface area (Å²) >= 11 is 0. The van der Waals surface area contributed by atoms with Crippen LogP contribution in [0.15, 0.2) is 59.9 Å². The molecule has 0 radical (unpaired) electrons. The Morgan fingerprint density at radius 3 is 2.40 bits per heavy atom. The zero-order chi connectivity index (χ0) is 24.5. The number of hydrogen-bond donors (Lipinski definition) is 0. The molecule has 35 heavy (non-hydrogen) atoms. The van der Waals surface area contributed by atoms with Crippen molar-refractivity contribution in [2.45, 2.75) is 44.2 Å². The Morgan fingerprint density at radius 1 is 1.00 bits per heavy atom. The summed E-state index contributed by atoms with van der Waals surface area (Å²) < 4.78 is 16.3. The molecule has 0 spiro atoms. The predicted molar refractivity (Wildman–Crippen MR) is 128 cm³/mol. The molecule has 1 amide bonds. The number of methoxy groups -OCH3 is 2. The lowest BCUT2D eigenvalue weighted by atomic mass is 9.77. The Balaban J connectivity index is 1.48. The van der Waals surface area contributed by atoms with E-state index in [0.717, 1.165) is 42.6 Å². The van der Waals surface area contributed by atoms with E-state index >= 15 is 0 Å². The average molecular weight is 476 g/mol. The second-order valence-corrected chi connectivity index (χ2v) is 9.27. The summed E-state index contributed by atoms with van der Waals surface area (Å²) in [6.45, 7) is 0.424. The van der Waals surface area contributed by atoms with Crippen molar-refractivity contribution < 1.29 is 28.6 Å². The molecule has 3 atom stereocenters. The lowest BCUT2D eigenvalue weighted by molar-refractivity contribution is -0.135. The van der Waals surface area contributed by atoms with Crippen LogP contribution in [-0.4, -0.2) is 49.4 Å². The molecule has 0 aromatic heterocycles. The fourth-order valence-electron chi connectivity index (χ4n) is 5.43. The monoisotopic (exact) mass is 475 g/mol. The van der Waals surface area contributed by atoms with E-state index in [9.17, 15) is 14.4 Å². The second kappa shape index (κ2) is 9.56. The first-order chi connectivity index (χ1) is 17.0. The maximum atomic E-state index is 13.7. The van der Waals surface area contributed by atoms with Gasteiger partial charge in [-0.05, 0) is 61.1 Å². The first kappa shape index (κ1) is 23.1. The summed E-state index contributed by atoms with van der Waals surface area (Å²) in [5.74, 6) is 0.126. The summed E-state index contributed by atoms with van der Waals surface area (Å²) in [5.41, 5.74) is 2.71. The number of rotatable bonds is 6. The summed E-state index contributed by atoms with van der Waals surface area (Å²) in [5, 5.41) is 0. The van der Waals surface area contributed by atoms with Gasteiger partial charge in [-0.3, -0.25) is 9.59 Å². The van der Waals surface area contributed by atoms with Gasteiger partial charge in [0.15, 0.2) is 11.5 Å². The van der Waals surface area contributed by atoms with E-state index < -0.39 is 12.0 Å². The number of Topliss-reactive ketones (excluding diaryl/α,β-unsaturated/α-hetero) is 1. The number of amides is 1. The number of ether oxygens (including phenoxy) is 3. The van der Waals surface area contributed by atoms with Gasteiger partial charge in [-0.2, -0.15) is 0 Å². The summed E-state index contributed by atoms with van der Waals surface area (Å²) in [4.78, 5) is 40.9. The molecule has 0 saturated heterocycles. The number of hydrogen-bond acceptors (Lipinski definition) is 6. The van der Waals surface area contributed by atoms with Crippen molar-refractivity contribution in [3.63, 3.8) is 0 Å². The SMILES string of the molecule is COC(=O)c1ccc(C2C3=C(OC4CCCCC4C3=O)C(=O)N2CCc2ccc(OC)cc2)cc1. The molecule has 2 aromatic carbocycles. The largest absolute Gasteiger partial charge is 0.497 e. The minimum absolute atomic E-state index is 0.0262. The number of carbonyl (C=O) groups is 3. The number of ketones is 1. The van der Waals surface area contributed by atoms with Crippen LogP contribution in [0.2, 0.25) is 0 Å². The molecule has 2 aliphatic heterocycles. The number of fused-ring (bicyclic) bond motifs is 1. The van der Waals surface area contributed by atoms with Crippen LogP contribution in [0, 0.1) is 5.92 Å². The highest BCUT2D eigenvalue weighted by Gasteiger charge is 2.51. The third-order valence-corrected chi connectivity index (χ3v) is 7.31. The maximum absolute atomic E-state index is 13.7. The van der Waals surface area contributed by atoms with Gasteiger partial charge < -0.3 is 19.1 Å². The second-order valence-electron chi connectivity index (χ2n) is 9.27. The molecule has 0 bridgehead atoms. The van der Waals surface area contributed by atoms with Gasteiger partial charge >= 0.3 is 5.97 Å². The van der Waals surface area contributed by atoms with Crippen molar-refractivity contribution >= 4 is 17.7 Å². The van der Waals surface area contributed by atoms with Gasteiger partial charge in [0.1, 0.15) is 11.9 Å². The Morgan fingerprint density at radius 2 is 1.71 bits per heavy atom. The van der Waals surface area contributed by atoms with Crippen LogP contribution in [0.5, 0.6) is 5.75 Å². The highest BCUT2D eigenvalue weighted by molar-refractivity contribution is 6.11. The van der Waals surface area contributed by atoms with Gasteiger partial charge in [0.25, 0.3) is 5.91 Å². The standard InChI is InChI=1S/C28H29NO6/c1-33-20-13-7-17(8-14-20)15-16-29-24(18-9-11-19(12-10-18)28(32)34-2)23-25(30)21-5-3-4-6-22(21)35-26(23)27(29)31/h7-14,21-22,24H,3-6,15-16H2,1-2H3. The smallest absolute Gasteiger partial charge is 0.337 e. The summed E-state index contributed by atoms with van der Waals surface area (Å²) in [7, 11) is 2.96. The first-order valence-corrected chi connectivity index (χ1v) is 12.1. The maximum Gasteiger partial charge on any atom is 0.337 e. The Kier molecular flexibility index (Phi) is 6.32. The van der Waals surface area contributed by atoms with Crippen molar-refractivity contribution in [3.8, 4) is 5.75 Å². The van der Waals surface area contributed by atoms with Crippen molar-refractivity contribution in [2.24, 2.45) is 5.92 Å². The van der Waals surface area contributed by atoms with Crippen LogP contribution >= 0.6 is 0 Å². The van der Waals surface area contributed by atoms with E-state index in [0.29, 0.717) is 24.1 Å². The third-order valence-electron chi connectivity index (χ3n) is 7.31. The molecule has 3 unspecified atom stereocenters. The Bertz CT molecular complexity index is 1170. The van der Waals surface area contributed by atoms with Crippen LogP contribution in [-0.2, 0) is 25.5 Å². The first-order valence-electron chi connectivity index (χ1n) is 12.1. The lowest BCUT2D eigenvalue weighted by Gasteiger charge is -2.35. The molecule has 1 fully saturated rings. The molecule has 7 nitrogen and oxygen atoms in total. The minimum Gasteiger partial charge on any atom is -0.497 e. The molecule has 0 N–H and O–H groups in total. The minimum atomic E-state index is -0.544. The van der Waals surface area contributed by atoms with Crippen LogP contribution in [0.25, 0.3) is 0 Å². The van der Waals surface area contributed by atoms with E-state index in [2.05, 4.69) is 0 Å². The topological polar surface area (TPSA) is 82.1 Å². The van der Waals surface area contributed by atoms with E-state index in [1.165, 1.54) is 7.11 Å². The van der Waals surface area contributed by atoms with E-state index in [1.807, 2.05) is 24.3 Å².